The highest BCUT2D eigenvalue weighted by Crippen LogP contribution is 2.82. The maximum Gasteiger partial charge on any atom is 0.315 e. The number of carboxylic acids is 1. The van der Waals surface area contributed by atoms with Crippen molar-refractivity contribution >= 4 is 12.3 Å². The molecular weight excluding hydrogens is 440 g/mol. The van der Waals surface area contributed by atoms with Gasteiger partial charge in [-0.1, -0.05) is 69.2 Å². The fourth-order valence-corrected chi connectivity index (χ4v) is 8.92. The van der Waals surface area contributed by atoms with E-state index in [4.69, 9.17) is 9.47 Å². The molecule has 4 aliphatic rings. The van der Waals surface area contributed by atoms with Gasteiger partial charge in [0.15, 0.2) is 0 Å². The van der Waals surface area contributed by atoms with Gasteiger partial charge in [-0.2, -0.15) is 0 Å². The zero-order valence-electron chi connectivity index (χ0n) is 21.4. The average molecular weight is 481 g/mol. The van der Waals surface area contributed by atoms with E-state index in [-0.39, 0.29) is 17.8 Å². The van der Waals surface area contributed by atoms with Crippen LogP contribution in [-0.2, 0) is 25.7 Å². The molecule has 5 heteroatoms. The van der Waals surface area contributed by atoms with Crippen molar-refractivity contribution in [2.45, 2.75) is 59.5 Å². The molecule has 0 heterocycles. The number of aliphatic carboxylic acids is 1. The van der Waals surface area contributed by atoms with Crippen LogP contribution in [0.4, 0.5) is 0 Å². The molecule has 0 aromatic heterocycles. The first-order chi connectivity index (χ1) is 16.8. The van der Waals surface area contributed by atoms with Gasteiger partial charge in [0, 0.05) is 18.6 Å². The molecule has 0 amide bonds. The van der Waals surface area contributed by atoms with Gasteiger partial charge >= 0.3 is 5.97 Å². The van der Waals surface area contributed by atoms with Crippen LogP contribution in [0.2, 0.25) is 0 Å². The zero-order valence-corrected chi connectivity index (χ0v) is 21.4. The first-order valence-corrected chi connectivity index (χ1v) is 13.5. The Morgan fingerprint density at radius 3 is 2.57 bits per heavy atom. The van der Waals surface area contributed by atoms with Crippen LogP contribution in [0.5, 0.6) is 0 Å². The van der Waals surface area contributed by atoms with Gasteiger partial charge in [0.2, 0.25) is 0 Å². The number of carbonyl (C=O) groups is 2. The summed E-state index contributed by atoms with van der Waals surface area (Å²) in [5, 5.41) is 11.0. The summed E-state index contributed by atoms with van der Waals surface area (Å²) >= 11 is 0. The maximum absolute atomic E-state index is 13.4. The predicted molar refractivity (Wildman–Crippen MR) is 134 cm³/mol. The normalized spacial score (nSPS) is 39.0. The minimum absolute atomic E-state index is 0.0910. The first kappa shape index (κ1) is 24.7. The molecule has 5 rings (SSSR count). The molecular formula is C30H40O5. The molecule has 7 unspecified atom stereocenters. The number of fused-ring (bicyclic) bond motifs is 2. The van der Waals surface area contributed by atoms with Crippen LogP contribution in [0, 0.1) is 45.8 Å². The fourth-order valence-electron chi connectivity index (χ4n) is 8.92. The number of carbonyl (C=O) groups excluding carboxylic acids is 1. The fraction of sp³-hybridized carbons (Fsp3) is 0.667. The van der Waals surface area contributed by atoms with Gasteiger partial charge in [0.1, 0.15) is 11.7 Å². The Morgan fingerprint density at radius 2 is 1.89 bits per heavy atom. The number of allylic oxidation sites excluding steroid dienone is 1. The molecule has 0 spiro atoms. The van der Waals surface area contributed by atoms with Crippen LogP contribution in [0.3, 0.4) is 0 Å². The van der Waals surface area contributed by atoms with Gasteiger partial charge < -0.3 is 19.4 Å². The van der Waals surface area contributed by atoms with Crippen molar-refractivity contribution in [2.24, 2.45) is 45.8 Å². The molecule has 35 heavy (non-hydrogen) atoms. The molecule has 3 saturated carbocycles. The number of benzene rings is 1. The minimum Gasteiger partial charge on any atom is -0.481 e. The number of hydrogen-bond donors (Lipinski definition) is 1. The van der Waals surface area contributed by atoms with E-state index in [0.717, 1.165) is 43.1 Å². The molecule has 3 fully saturated rings. The van der Waals surface area contributed by atoms with Crippen molar-refractivity contribution in [2.75, 3.05) is 19.8 Å². The smallest absolute Gasteiger partial charge is 0.315 e. The lowest BCUT2D eigenvalue weighted by atomic mass is 9.43. The van der Waals surface area contributed by atoms with Gasteiger partial charge in [-0.05, 0) is 60.8 Å². The van der Waals surface area contributed by atoms with Crippen LogP contribution >= 0.6 is 0 Å². The molecule has 5 nitrogen and oxygen atoms in total. The van der Waals surface area contributed by atoms with E-state index in [9.17, 15) is 14.7 Å². The highest BCUT2D eigenvalue weighted by atomic mass is 16.5. The Balaban J connectivity index is 1.35. The summed E-state index contributed by atoms with van der Waals surface area (Å²) in [6.07, 6.45) is 7.64. The second kappa shape index (κ2) is 9.15. The monoisotopic (exact) mass is 480 g/mol. The van der Waals surface area contributed by atoms with Gasteiger partial charge in [0.25, 0.3) is 0 Å². The maximum atomic E-state index is 13.4. The molecule has 1 aromatic rings. The van der Waals surface area contributed by atoms with E-state index in [1.165, 1.54) is 0 Å². The van der Waals surface area contributed by atoms with Gasteiger partial charge in [-0.25, -0.2) is 0 Å². The minimum atomic E-state index is -1.14. The Hall–Kier alpha value is -1.98. The number of carboxylic acid groups (broad SMARTS) is 1. The molecule has 190 valence electrons. The molecule has 7 atom stereocenters. The second-order valence-electron chi connectivity index (χ2n) is 11.9. The summed E-state index contributed by atoms with van der Waals surface area (Å²) in [4.78, 5) is 26.4. The predicted octanol–water partition coefficient (Wildman–Crippen LogP) is 5.53. The summed E-state index contributed by atoms with van der Waals surface area (Å²) in [5.41, 5.74) is -0.368. The van der Waals surface area contributed by atoms with Crippen molar-refractivity contribution in [3.63, 3.8) is 0 Å². The van der Waals surface area contributed by atoms with Crippen LogP contribution in [0.15, 0.2) is 42.0 Å². The van der Waals surface area contributed by atoms with Gasteiger partial charge in [0.05, 0.1) is 18.6 Å². The van der Waals surface area contributed by atoms with Crippen molar-refractivity contribution < 1.29 is 24.2 Å². The standard InChI is InChI=1S/C30H40O5/c1-20(2)26-14-23-15-28(18-31)25-11-10-21(3)24(25)16-29(23,30(26,28)27(32)33)19-35-13-7-12-34-17-22-8-5-4-6-9-22/h4-6,8-9,14,18,20-21,23-25H,7,10-13,15-17,19H2,1-3H3,(H,32,33). The number of ether oxygens (including phenoxy) is 2. The third-order valence-corrected chi connectivity index (χ3v) is 10.2. The lowest BCUT2D eigenvalue weighted by molar-refractivity contribution is -0.186. The molecule has 1 N–H and O–H groups in total. The summed E-state index contributed by atoms with van der Waals surface area (Å²) in [7, 11) is 0. The topological polar surface area (TPSA) is 72.8 Å². The van der Waals surface area contributed by atoms with Gasteiger partial charge in [-0.15, -0.1) is 0 Å². The quantitative estimate of drug-likeness (QED) is 0.256. The van der Waals surface area contributed by atoms with Crippen molar-refractivity contribution in [1.29, 1.82) is 0 Å². The summed E-state index contributed by atoms with van der Waals surface area (Å²) in [6, 6.07) is 10.1. The van der Waals surface area contributed by atoms with E-state index >= 15 is 0 Å². The number of rotatable bonds is 11. The van der Waals surface area contributed by atoms with Crippen molar-refractivity contribution in [1.82, 2.24) is 0 Å². The Kier molecular flexibility index (Phi) is 6.46. The molecule has 1 aromatic carbocycles. The lowest BCUT2D eigenvalue weighted by Crippen LogP contribution is -2.63. The van der Waals surface area contributed by atoms with Crippen LogP contribution in [-0.4, -0.2) is 37.2 Å². The molecule has 0 aliphatic heterocycles. The summed E-state index contributed by atoms with van der Waals surface area (Å²) in [5.74, 6) is 0.465. The molecule has 4 bridgehead atoms. The second-order valence-corrected chi connectivity index (χ2v) is 11.9. The third-order valence-electron chi connectivity index (χ3n) is 10.2. The molecule has 0 saturated heterocycles. The Labute approximate surface area is 209 Å². The van der Waals surface area contributed by atoms with Crippen LogP contribution < -0.4 is 0 Å². The first-order valence-electron chi connectivity index (χ1n) is 13.5. The highest BCUT2D eigenvalue weighted by Gasteiger charge is 2.84. The molecule has 0 radical (unpaired) electrons. The average Bonchev–Trinajstić information content (AvgIpc) is 3.41. The van der Waals surface area contributed by atoms with E-state index in [0.29, 0.717) is 44.7 Å². The van der Waals surface area contributed by atoms with Crippen LogP contribution in [0.1, 0.15) is 58.4 Å². The zero-order chi connectivity index (χ0) is 24.8. The largest absolute Gasteiger partial charge is 0.481 e. The van der Waals surface area contributed by atoms with Crippen molar-refractivity contribution in [3.05, 3.63) is 47.5 Å². The third kappa shape index (κ3) is 3.33. The Bertz CT molecular complexity index is 986. The highest BCUT2D eigenvalue weighted by molar-refractivity contribution is 5.90. The van der Waals surface area contributed by atoms with E-state index in [2.05, 4.69) is 39.0 Å². The van der Waals surface area contributed by atoms with Crippen molar-refractivity contribution in [3.8, 4) is 0 Å². The van der Waals surface area contributed by atoms with Crippen LogP contribution in [0.25, 0.3) is 0 Å². The van der Waals surface area contributed by atoms with Gasteiger partial charge in [-0.3, -0.25) is 4.79 Å². The summed E-state index contributed by atoms with van der Waals surface area (Å²) in [6.45, 7) is 8.58. The lowest BCUT2D eigenvalue weighted by Gasteiger charge is -2.58. The number of aldehydes is 1. The molecule has 4 aliphatic carbocycles. The SMILES string of the molecule is CC(C)C1=CC2CC3(C=O)C4CCC(C)C4CC2(COCCCOCc2ccccc2)C13C(=O)O. The van der Waals surface area contributed by atoms with E-state index in [1.807, 2.05) is 18.2 Å². The van der Waals surface area contributed by atoms with E-state index in [1.54, 1.807) is 0 Å². The van der Waals surface area contributed by atoms with E-state index < -0.39 is 22.2 Å². The Morgan fingerprint density at radius 1 is 1.14 bits per heavy atom. The number of hydrogen-bond acceptors (Lipinski definition) is 4. The summed E-state index contributed by atoms with van der Waals surface area (Å²) < 4.78 is 12.1.